The van der Waals surface area contributed by atoms with Gasteiger partial charge in [0, 0.05) is 17.3 Å². The molecule has 0 aromatic heterocycles. The van der Waals surface area contributed by atoms with Crippen LogP contribution in [0.2, 0.25) is 5.02 Å². The van der Waals surface area contributed by atoms with Gasteiger partial charge in [0.2, 0.25) is 5.91 Å². The van der Waals surface area contributed by atoms with E-state index in [9.17, 15) is 14.4 Å². The van der Waals surface area contributed by atoms with Gasteiger partial charge in [0.1, 0.15) is 6.04 Å². The Hall–Kier alpha value is -3.06. The molecule has 4 rings (SSSR count). The van der Waals surface area contributed by atoms with Crippen molar-refractivity contribution < 1.29 is 19.1 Å². The number of ether oxygens (including phenoxy) is 1. The van der Waals surface area contributed by atoms with E-state index >= 15 is 0 Å². The van der Waals surface area contributed by atoms with Crippen LogP contribution in [0.4, 0.5) is 17.1 Å². The molecule has 144 valence electrons. The molecule has 8 heteroatoms. The van der Waals surface area contributed by atoms with Gasteiger partial charge in [0.15, 0.2) is 6.61 Å². The number of benzene rings is 2. The number of rotatable bonds is 4. The molecule has 2 aliphatic rings. The number of carbonyl (C=O) groups excluding carboxylic acids is 3. The first kappa shape index (κ1) is 18.3. The summed E-state index contributed by atoms with van der Waals surface area (Å²) in [6.07, 6.45) is 1.79. The number of nitrogens with one attached hydrogen (secondary N) is 2. The number of carbonyl (C=O) groups is 3. The van der Waals surface area contributed by atoms with Crippen molar-refractivity contribution in [3.05, 3.63) is 53.1 Å². The Bertz CT molecular complexity index is 962. The van der Waals surface area contributed by atoms with Crippen LogP contribution in [0.1, 0.15) is 23.2 Å². The number of hydrogen-bond donors (Lipinski definition) is 2. The fourth-order valence-corrected chi connectivity index (χ4v) is 3.73. The van der Waals surface area contributed by atoms with Gasteiger partial charge in [-0.15, -0.1) is 0 Å². The number of halogens is 1. The topological polar surface area (TPSA) is 87.7 Å². The van der Waals surface area contributed by atoms with Crippen LogP contribution in [0.3, 0.4) is 0 Å². The Morgan fingerprint density at radius 1 is 1.25 bits per heavy atom. The molecule has 7 nitrogen and oxygen atoms in total. The van der Waals surface area contributed by atoms with Crippen LogP contribution >= 0.6 is 11.6 Å². The number of nitrogens with zero attached hydrogens (tertiary/aromatic N) is 1. The number of hydrogen-bond acceptors (Lipinski definition) is 5. The molecule has 2 amide bonds. The lowest BCUT2D eigenvalue weighted by Gasteiger charge is -2.33. The maximum Gasteiger partial charge on any atom is 0.338 e. The Morgan fingerprint density at radius 2 is 2.11 bits per heavy atom. The summed E-state index contributed by atoms with van der Waals surface area (Å²) in [4.78, 5) is 38.5. The minimum Gasteiger partial charge on any atom is -0.452 e. The standard InChI is InChI=1S/C20H18ClN3O4/c21-13-3-1-4-14(10-13)22-18(25)11-28-20(27)12-6-7-16-15(9-12)23-19(26)17-5-2-8-24(16)17/h1,3-4,6-7,9-10,17H,2,5,8,11H2,(H,22,25)(H,23,26)/t17-/m0/s1. The Morgan fingerprint density at radius 3 is 2.93 bits per heavy atom. The average molecular weight is 400 g/mol. The van der Waals surface area contributed by atoms with E-state index in [0.717, 1.165) is 25.1 Å². The van der Waals surface area contributed by atoms with Gasteiger partial charge in [-0.3, -0.25) is 9.59 Å². The van der Waals surface area contributed by atoms with E-state index in [2.05, 4.69) is 15.5 Å². The second-order valence-corrected chi connectivity index (χ2v) is 7.14. The highest BCUT2D eigenvalue weighted by molar-refractivity contribution is 6.30. The van der Waals surface area contributed by atoms with Crippen LogP contribution in [0.25, 0.3) is 0 Å². The maximum absolute atomic E-state index is 12.3. The molecule has 0 unspecified atom stereocenters. The molecule has 28 heavy (non-hydrogen) atoms. The summed E-state index contributed by atoms with van der Waals surface area (Å²) in [5.41, 5.74) is 2.27. The van der Waals surface area contributed by atoms with Crippen molar-refractivity contribution in [2.45, 2.75) is 18.9 Å². The Kier molecular flexibility index (Phi) is 4.92. The minimum atomic E-state index is -0.637. The van der Waals surface area contributed by atoms with Crippen molar-refractivity contribution in [1.82, 2.24) is 0 Å². The number of anilines is 3. The zero-order valence-corrected chi connectivity index (χ0v) is 15.7. The third-order valence-electron chi connectivity index (χ3n) is 4.80. The van der Waals surface area contributed by atoms with Gasteiger partial charge in [-0.05, 0) is 49.2 Å². The second kappa shape index (κ2) is 7.52. The van der Waals surface area contributed by atoms with E-state index in [1.54, 1.807) is 42.5 Å². The van der Waals surface area contributed by atoms with Gasteiger partial charge in [-0.25, -0.2) is 4.79 Å². The van der Waals surface area contributed by atoms with Gasteiger partial charge < -0.3 is 20.3 Å². The maximum atomic E-state index is 12.3. The molecule has 2 aromatic carbocycles. The number of amides is 2. The molecule has 2 aromatic rings. The Labute approximate surface area is 166 Å². The van der Waals surface area contributed by atoms with Crippen LogP contribution in [-0.2, 0) is 14.3 Å². The zero-order valence-electron chi connectivity index (χ0n) is 14.9. The highest BCUT2D eigenvalue weighted by atomic mass is 35.5. The molecule has 2 aliphatic heterocycles. The second-order valence-electron chi connectivity index (χ2n) is 6.71. The van der Waals surface area contributed by atoms with Gasteiger partial charge in [-0.2, -0.15) is 0 Å². The predicted octanol–water partition coefficient (Wildman–Crippen LogP) is 3.06. The smallest absolute Gasteiger partial charge is 0.338 e. The molecule has 2 heterocycles. The fourth-order valence-electron chi connectivity index (χ4n) is 3.53. The minimum absolute atomic E-state index is 0.0589. The largest absolute Gasteiger partial charge is 0.452 e. The van der Waals surface area contributed by atoms with Crippen molar-refractivity contribution in [3.8, 4) is 0 Å². The van der Waals surface area contributed by atoms with E-state index in [1.807, 2.05) is 0 Å². The quantitative estimate of drug-likeness (QED) is 0.771. The summed E-state index contributed by atoms with van der Waals surface area (Å²) >= 11 is 5.87. The van der Waals surface area contributed by atoms with Crippen LogP contribution in [0, 0.1) is 0 Å². The van der Waals surface area contributed by atoms with Crippen LogP contribution in [0.15, 0.2) is 42.5 Å². The van der Waals surface area contributed by atoms with Crippen molar-refractivity contribution in [3.63, 3.8) is 0 Å². The lowest BCUT2D eigenvalue weighted by atomic mass is 10.1. The van der Waals surface area contributed by atoms with Gasteiger partial charge in [0.25, 0.3) is 5.91 Å². The van der Waals surface area contributed by atoms with Crippen molar-refractivity contribution in [1.29, 1.82) is 0 Å². The van der Waals surface area contributed by atoms with Gasteiger partial charge >= 0.3 is 5.97 Å². The highest BCUT2D eigenvalue weighted by Crippen LogP contribution is 2.37. The third kappa shape index (κ3) is 3.66. The molecule has 0 saturated carbocycles. The molecule has 0 aliphatic carbocycles. The summed E-state index contributed by atoms with van der Waals surface area (Å²) in [6, 6.07) is 11.6. The summed E-state index contributed by atoms with van der Waals surface area (Å²) in [7, 11) is 0. The van der Waals surface area contributed by atoms with Crippen LogP contribution in [-0.4, -0.2) is 37.0 Å². The molecule has 0 spiro atoms. The van der Waals surface area contributed by atoms with Crippen LogP contribution in [0.5, 0.6) is 0 Å². The summed E-state index contributed by atoms with van der Waals surface area (Å²) in [5, 5.41) is 5.95. The fraction of sp³-hybridized carbons (Fsp3) is 0.250. The molecule has 1 fully saturated rings. The lowest BCUT2D eigenvalue weighted by Crippen LogP contribution is -2.43. The average Bonchev–Trinajstić information content (AvgIpc) is 3.16. The summed E-state index contributed by atoms with van der Waals surface area (Å²) < 4.78 is 5.09. The molecular weight excluding hydrogens is 382 g/mol. The van der Waals surface area contributed by atoms with E-state index in [-0.39, 0.29) is 17.5 Å². The highest BCUT2D eigenvalue weighted by Gasteiger charge is 2.36. The molecule has 0 bridgehead atoms. The van der Waals surface area contributed by atoms with Gasteiger partial charge in [0.05, 0.1) is 16.9 Å². The third-order valence-corrected chi connectivity index (χ3v) is 5.03. The van der Waals surface area contributed by atoms with Crippen molar-refractivity contribution in [2.24, 2.45) is 0 Å². The Balaban J connectivity index is 1.39. The molecule has 2 N–H and O–H groups in total. The molecule has 0 radical (unpaired) electrons. The van der Waals surface area contributed by atoms with E-state index in [0.29, 0.717) is 16.4 Å². The lowest BCUT2D eigenvalue weighted by molar-refractivity contribution is -0.119. The van der Waals surface area contributed by atoms with E-state index in [4.69, 9.17) is 16.3 Å². The number of esters is 1. The first-order chi connectivity index (χ1) is 13.5. The first-order valence-electron chi connectivity index (χ1n) is 8.95. The zero-order chi connectivity index (χ0) is 19.7. The molecule has 1 saturated heterocycles. The predicted molar refractivity (Wildman–Crippen MR) is 106 cm³/mol. The molecule has 1 atom stereocenters. The molecular formula is C20H18ClN3O4. The monoisotopic (exact) mass is 399 g/mol. The van der Waals surface area contributed by atoms with Crippen molar-refractivity contribution in [2.75, 3.05) is 28.7 Å². The van der Waals surface area contributed by atoms with Crippen molar-refractivity contribution >= 4 is 46.4 Å². The SMILES string of the molecule is O=C(COC(=O)c1ccc2c(c1)NC(=O)[C@@H]1CCCN21)Nc1cccc(Cl)c1. The summed E-state index contributed by atoms with van der Waals surface area (Å²) in [5.74, 6) is -1.17. The van der Waals surface area contributed by atoms with E-state index < -0.39 is 18.5 Å². The first-order valence-corrected chi connectivity index (χ1v) is 9.33. The van der Waals surface area contributed by atoms with Gasteiger partial charge in [-0.1, -0.05) is 17.7 Å². The number of fused-ring (bicyclic) bond motifs is 3. The summed E-state index contributed by atoms with van der Waals surface area (Å²) in [6.45, 7) is 0.390. The van der Waals surface area contributed by atoms with E-state index in [1.165, 1.54) is 0 Å². The normalized spacial score (nSPS) is 17.4. The van der Waals surface area contributed by atoms with Crippen LogP contribution < -0.4 is 15.5 Å².